The lowest BCUT2D eigenvalue weighted by Crippen LogP contribution is -2.22. The van der Waals surface area contributed by atoms with Gasteiger partial charge in [0, 0.05) is 26.1 Å². The Kier molecular flexibility index (Phi) is 9.68. The summed E-state index contributed by atoms with van der Waals surface area (Å²) in [5.74, 6) is 0. The average molecular weight is 708 g/mol. The van der Waals surface area contributed by atoms with E-state index in [1.54, 1.807) is 34.4 Å². The van der Waals surface area contributed by atoms with Gasteiger partial charge in [0.15, 0.2) is 0 Å². The van der Waals surface area contributed by atoms with Gasteiger partial charge in [0.05, 0.1) is 30.1 Å². The van der Waals surface area contributed by atoms with Crippen LogP contribution in [0.3, 0.4) is 0 Å². The van der Waals surface area contributed by atoms with Gasteiger partial charge in [-0.2, -0.15) is 10.5 Å². The molecule has 5 rings (SSSR count). The molecular formula is C32H25Br2N3S3. The Hall–Kier alpha value is -2.59. The molecule has 0 atom stereocenters. The van der Waals surface area contributed by atoms with Gasteiger partial charge < -0.3 is 4.90 Å². The molecule has 0 bridgehead atoms. The van der Waals surface area contributed by atoms with E-state index in [-0.39, 0.29) is 0 Å². The first-order valence-electron chi connectivity index (χ1n) is 13.0. The Labute approximate surface area is 264 Å². The third-order valence-electron chi connectivity index (χ3n) is 6.54. The molecule has 0 unspecified atom stereocenters. The zero-order valence-electron chi connectivity index (χ0n) is 21.8. The number of hydrogen-bond acceptors (Lipinski definition) is 6. The van der Waals surface area contributed by atoms with Crippen LogP contribution in [-0.2, 0) is 0 Å². The number of benzene rings is 2. The van der Waals surface area contributed by atoms with E-state index in [1.807, 2.05) is 36.4 Å². The van der Waals surface area contributed by atoms with Crippen molar-refractivity contribution in [2.24, 2.45) is 0 Å². The molecular weight excluding hydrogens is 682 g/mol. The third kappa shape index (κ3) is 6.65. The lowest BCUT2D eigenvalue weighted by Gasteiger charge is -2.33. The van der Waals surface area contributed by atoms with Crippen LogP contribution in [0.1, 0.15) is 53.5 Å². The Morgan fingerprint density at radius 3 is 1.70 bits per heavy atom. The standard InChI is InChI=1S/C32H25Br2N3S3/c1-2-3-4-5-14-37-25-8-6-21(15-23(19-35)27-10-12-31(33)39-27)17-29(25)38-30-18-22(7-9-26(30)37)16-24(20-36)28-11-13-32(34)40-28/h6-13,15-18H,2-5,14H2,1H3/b23-15+,24-16+. The summed E-state index contributed by atoms with van der Waals surface area (Å²) in [6.07, 6.45) is 8.71. The van der Waals surface area contributed by atoms with Crippen molar-refractivity contribution in [2.45, 2.75) is 42.4 Å². The van der Waals surface area contributed by atoms with Crippen LogP contribution in [0, 0.1) is 22.7 Å². The van der Waals surface area contributed by atoms with E-state index in [0.29, 0.717) is 11.1 Å². The van der Waals surface area contributed by atoms with Gasteiger partial charge in [0.1, 0.15) is 12.1 Å². The Morgan fingerprint density at radius 2 is 1.27 bits per heavy atom. The van der Waals surface area contributed by atoms with E-state index in [4.69, 9.17) is 0 Å². The Morgan fingerprint density at radius 1 is 0.750 bits per heavy atom. The van der Waals surface area contributed by atoms with Gasteiger partial charge in [-0.05, 0) is 110 Å². The molecule has 2 aromatic heterocycles. The van der Waals surface area contributed by atoms with Crippen molar-refractivity contribution in [1.82, 2.24) is 0 Å². The molecule has 0 radical (unpaired) electrons. The summed E-state index contributed by atoms with van der Waals surface area (Å²) in [5, 5.41) is 19.7. The van der Waals surface area contributed by atoms with Crippen LogP contribution in [0.5, 0.6) is 0 Å². The van der Waals surface area contributed by atoms with Gasteiger partial charge in [0.2, 0.25) is 0 Å². The first-order valence-corrected chi connectivity index (χ1v) is 17.0. The summed E-state index contributed by atoms with van der Waals surface area (Å²) in [4.78, 5) is 6.67. The Bertz CT molecular complexity index is 1570. The van der Waals surface area contributed by atoms with Gasteiger partial charge in [-0.3, -0.25) is 0 Å². The van der Waals surface area contributed by atoms with E-state index in [9.17, 15) is 10.5 Å². The molecule has 2 aromatic carbocycles. The molecule has 0 aliphatic carbocycles. The normalized spacial score (nSPS) is 13.0. The second-order valence-electron chi connectivity index (χ2n) is 9.32. The number of halogens is 2. The van der Waals surface area contributed by atoms with Crippen molar-refractivity contribution >= 4 is 101 Å². The van der Waals surface area contributed by atoms with E-state index in [0.717, 1.165) is 41.4 Å². The van der Waals surface area contributed by atoms with Crippen molar-refractivity contribution in [1.29, 1.82) is 10.5 Å². The van der Waals surface area contributed by atoms with Gasteiger partial charge in [0.25, 0.3) is 0 Å². The molecule has 0 saturated carbocycles. The second-order valence-corrected chi connectivity index (χ2v) is 15.3. The van der Waals surface area contributed by atoms with Crippen LogP contribution in [0.25, 0.3) is 23.3 Å². The monoisotopic (exact) mass is 705 g/mol. The van der Waals surface area contributed by atoms with Crippen LogP contribution in [0.2, 0.25) is 0 Å². The maximum absolute atomic E-state index is 9.84. The first-order chi connectivity index (χ1) is 19.5. The maximum atomic E-state index is 9.84. The fraction of sp³-hybridized carbons (Fsp3) is 0.188. The molecule has 40 heavy (non-hydrogen) atoms. The maximum Gasteiger partial charge on any atom is 0.101 e. The molecule has 4 aromatic rings. The third-order valence-corrected chi connectivity index (χ3v) is 11.0. The smallest absolute Gasteiger partial charge is 0.101 e. The fourth-order valence-electron chi connectivity index (χ4n) is 4.60. The topological polar surface area (TPSA) is 50.8 Å². The zero-order chi connectivity index (χ0) is 28.1. The largest absolute Gasteiger partial charge is 0.340 e. The SMILES string of the molecule is CCCCCCN1c2ccc(/C=C(\C#N)c3ccc(Br)s3)cc2Sc2cc(/C=C(\C#N)c3ccc(Br)s3)ccc21. The summed E-state index contributed by atoms with van der Waals surface area (Å²) in [5.41, 5.74) is 5.73. The molecule has 3 nitrogen and oxygen atoms in total. The van der Waals surface area contributed by atoms with Crippen LogP contribution in [-0.4, -0.2) is 6.54 Å². The number of rotatable bonds is 9. The number of anilines is 2. The van der Waals surface area contributed by atoms with Crippen LogP contribution in [0.4, 0.5) is 11.4 Å². The summed E-state index contributed by atoms with van der Waals surface area (Å²) in [6, 6.07) is 25.6. The first kappa shape index (κ1) is 28.9. The molecule has 0 saturated heterocycles. The molecule has 0 spiro atoms. The van der Waals surface area contributed by atoms with Gasteiger partial charge in [-0.15, -0.1) is 22.7 Å². The van der Waals surface area contributed by atoms with Crippen molar-refractivity contribution in [3.8, 4) is 12.1 Å². The highest BCUT2D eigenvalue weighted by molar-refractivity contribution is 9.11. The summed E-state index contributed by atoms with van der Waals surface area (Å²) in [7, 11) is 0. The highest BCUT2D eigenvalue weighted by Crippen LogP contribution is 2.49. The molecule has 3 heterocycles. The van der Waals surface area contributed by atoms with E-state index in [2.05, 4.69) is 92.2 Å². The van der Waals surface area contributed by atoms with Gasteiger partial charge >= 0.3 is 0 Å². The lowest BCUT2D eigenvalue weighted by molar-refractivity contribution is 0.665. The summed E-state index contributed by atoms with van der Waals surface area (Å²) in [6.45, 7) is 3.19. The van der Waals surface area contributed by atoms with Gasteiger partial charge in [-0.25, -0.2) is 0 Å². The summed E-state index contributed by atoms with van der Waals surface area (Å²) >= 11 is 11.9. The number of thiophene rings is 2. The highest BCUT2D eigenvalue weighted by atomic mass is 79.9. The minimum absolute atomic E-state index is 0.657. The fourth-order valence-corrected chi connectivity index (χ4v) is 8.50. The van der Waals surface area contributed by atoms with Crippen molar-refractivity contribution in [3.05, 3.63) is 89.1 Å². The predicted molar refractivity (Wildman–Crippen MR) is 179 cm³/mol. The van der Waals surface area contributed by atoms with E-state index >= 15 is 0 Å². The van der Waals surface area contributed by atoms with Crippen LogP contribution in [0.15, 0.2) is 78.0 Å². The molecule has 0 fully saturated rings. The van der Waals surface area contributed by atoms with E-state index < -0.39 is 0 Å². The van der Waals surface area contributed by atoms with Crippen molar-refractivity contribution in [3.63, 3.8) is 0 Å². The molecule has 8 heteroatoms. The van der Waals surface area contributed by atoms with Crippen LogP contribution >= 0.6 is 66.3 Å². The lowest BCUT2D eigenvalue weighted by atomic mass is 10.1. The van der Waals surface area contributed by atoms with Crippen molar-refractivity contribution < 1.29 is 0 Å². The molecule has 0 amide bonds. The average Bonchev–Trinajstić information content (AvgIpc) is 3.59. The number of unbranched alkanes of at least 4 members (excludes halogenated alkanes) is 3. The number of fused-ring (bicyclic) bond motifs is 2. The minimum Gasteiger partial charge on any atom is -0.340 e. The van der Waals surface area contributed by atoms with Crippen molar-refractivity contribution in [2.75, 3.05) is 11.4 Å². The Balaban J connectivity index is 1.51. The summed E-state index contributed by atoms with van der Waals surface area (Å²) < 4.78 is 2.02. The number of nitriles is 2. The minimum atomic E-state index is 0.657. The molecule has 0 N–H and O–H groups in total. The van der Waals surface area contributed by atoms with E-state index in [1.165, 1.54) is 40.4 Å². The molecule has 200 valence electrons. The second kappa shape index (κ2) is 13.4. The zero-order valence-corrected chi connectivity index (χ0v) is 27.4. The predicted octanol–water partition coefficient (Wildman–Crippen LogP) is 11.6. The van der Waals surface area contributed by atoms with Gasteiger partial charge in [-0.1, -0.05) is 50.1 Å². The van der Waals surface area contributed by atoms with Crippen LogP contribution < -0.4 is 4.90 Å². The number of hydrogen-bond donors (Lipinski definition) is 0. The molecule has 1 aliphatic rings. The number of allylic oxidation sites excluding steroid dienone is 2. The molecule has 1 aliphatic heterocycles. The highest BCUT2D eigenvalue weighted by Gasteiger charge is 2.24. The quantitative estimate of drug-likeness (QED) is 0.128. The number of nitrogens with zero attached hydrogens (tertiary/aromatic N) is 3.